The van der Waals surface area contributed by atoms with Gasteiger partial charge < -0.3 is 5.32 Å². The molecule has 5 nitrogen and oxygen atoms in total. The Balaban J connectivity index is 1.53. The van der Waals surface area contributed by atoms with Gasteiger partial charge in [0.2, 0.25) is 5.91 Å². The number of carbonyl (C=O) groups excluding carboxylic acids is 1. The molecule has 4 aromatic rings. The van der Waals surface area contributed by atoms with Crippen molar-refractivity contribution in [2.45, 2.75) is 32.1 Å². The largest absolute Gasteiger partial charge is 0.351 e. The molecule has 0 bridgehead atoms. The molecule has 0 saturated heterocycles. The second-order valence-electron chi connectivity index (χ2n) is 7.70. The smallest absolute Gasteiger partial charge is 0.230 e. The molecule has 33 heavy (non-hydrogen) atoms. The first-order valence-electron chi connectivity index (χ1n) is 10.7. The fourth-order valence-corrected chi connectivity index (χ4v) is 5.21. The molecule has 2 heterocycles. The molecule has 1 amide bonds. The van der Waals surface area contributed by atoms with Crippen LogP contribution < -0.4 is 5.32 Å². The summed E-state index contributed by atoms with van der Waals surface area (Å²) >= 11 is 3.09. The molecule has 168 valence electrons. The quantitative estimate of drug-likeness (QED) is 0.243. The number of aromatic nitrogens is 3. The van der Waals surface area contributed by atoms with Gasteiger partial charge in [-0.3, -0.25) is 9.36 Å². The highest BCUT2D eigenvalue weighted by atomic mass is 32.2. The van der Waals surface area contributed by atoms with E-state index in [1.54, 1.807) is 11.3 Å². The molecule has 0 unspecified atom stereocenters. The normalized spacial score (nSPS) is 10.8. The van der Waals surface area contributed by atoms with Crippen LogP contribution >= 0.6 is 23.1 Å². The van der Waals surface area contributed by atoms with Crippen molar-refractivity contribution in [3.05, 3.63) is 88.6 Å². The van der Waals surface area contributed by atoms with Gasteiger partial charge in [-0.05, 0) is 25.0 Å². The molecule has 0 spiro atoms. The maximum absolute atomic E-state index is 12.4. The van der Waals surface area contributed by atoms with Gasteiger partial charge in [-0.2, -0.15) is 0 Å². The molecule has 0 aliphatic heterocycles. The van der Waals surface area contributed by atoms with Gasteiger partial charge in [0.05, 0.1) is 5.75 Å². The van der Waals surface area contributed by atoms with Crippen molar-refractivity contribution < 1.29 is 4.79 Å². The molecule has 0 radical (unpaired) electrons. The first kappa shape index (κ1) is 23.0. The van der Waals surface area contributed by atoms with Gasteiger partial charge in [0.1, 0.15) is 0 Å². The number of carbonyl (C=O) groups is 1. The standard InChI is InChI=1S/C26H26N4OS2/c1-4-14-30-25(22-16-32-19(3)24(22)21-12-10-18(2)11-13-21)28-29-26(30)33-17-23(31)27-15-20-8-6-5-7-9-20/h4-13,16H,1,14-15,17H2,2-3H3,(H,27,31). The number of allylic oxidation sites excluding steroid dienone is 1. The van der Waals surface area contributed by atoms with Crippen LogP contribution in [0.2, 0.25) is 0 Å². The molecular weight excluding hydrogens is 448 g/mol. The highest BCUT2D eigenvalue weighted by molar-refractivity contribution is 7.99. The van der Waals surface area contributed by atoms with E-state index in [-0.39, 0.29) is 11.7 Å². The molecule has 0 aliphatic rings. The maximum atomic E-state index is 12.4. The number of aryl methyl sites for hydroxylation is 2. The van der Waals surface area contributed by atoms with Crippen LogP contribution in [0, 0.1) is 13.8 Å². The minimum Gasteiger partial charge on any atom is -0.351 e. The predicted molar refractivity (Wildman–Crippen MR) is 137 cm³/mol. The van der Waals surface area contributed by atoms with E-state index < -0.39 is 0 Å². The van der Waals surface area contributed by atoms with Crippen LogP contribution in [0.15, 0.2) is 77.8 Å². The third-order valence-electron chi connectivity index (χ3n) is 5.25. The van der Waals surface area contributed by atoms with Crippen molar-refractivity contribution in [3.63, 3.8) is 0 Å². The lowest BCUT2D eigenvalue weighted by Crippen LogP contribution is -2.24. The van der Waals surface area contributed by atoms with E-state index in [4.69, 9.17) is 0 Å². The number of rotatable bonds is 9. The number of hydrogen-bond acceptors (Lipinski definition) is 5. The molecule has 7 heteroatoms. The van der Waals surface area contributed by atoms with E-state index in [1.807, 2.05) is 41.0 Å². The van der Waals surface area contributed by atoms with Crippen LogP contribution in [0.3, 0.4) is 0 Å². The van der Waals surface area contributed by atoms with Crippen molar-refractivity contribution in [1.29, 1.82) is 0 Å². The summed E-state index contributed by atoms with van der Waals surface area (Å²) in [6.07, 6.45) is 1.83. The van der Waals surface area contributed by atoms with Crippen molar-refractivity contribution in [3.8, 4) is 22.5 Å². The summed E-state index contributed by atoms with van der Waals surface area (Å²) in [6, 6.07) is 18.4. The summed E-state index contributed by atoms with van der Waals surface area (Å²) < 4.78 is 2.03. The number of amides is 1. The summed E-state index contributed by atoms with van der Waals surface area (Å²) in [7, 11) is 0. The Morgan fingerprint density at radius 1 is 1.12 bits per heavy atom. The Kier molecular flexibility index (Phi) is 7.42. The minimum atomic E-state index is -0.0368. The Bertz CT molecular complexity index is 1240. The SMILES string of the molecule is C=CCn1c(SCC(=O)NCc2ccccc2)nnc1-c1csc(C)c1-c1ccc(C)cc1. The Morgan fingerprint density at radius 3 is 2.61 bits per heavy atom. The lowest BCUT2D eigenvalue weighted by atomic mass is 10.0. The van der Waals surface area contributed by atoms with Crippen LogP contribution in [0.25, 0.3) is 22.5 Å². The molecular formula is C26H26N4OS2. The number of nitrogens with one attached hydrogen (secondary N) is 1. The molecule has 4 rings (SSSR count). The summed E-state index contributed by atoms with van der Waals surface area (Å²) in [5.74, 6) is 1.03. The van der Waals surface area contributed by atoms with Gasteiger partial charge in [-0.15, -0.1) is 28.1 Å². The fourth-order valence-electron chi connectivity index (χ4n) is 3.56. The summed E-state index contributed by atoms with van der Waals surface area (Å²) in [5.41, 5.74) is 5.69. The van der Waals surface area contributed by atoms with Gasteiger partial charge >= 0.3 is 0 Å². The van der Waals surface area contributed by atoms with Gasteiger partial charge in [0.25, 0.3) is 0 Å². The Hall–Kier alpha value is -3.16. The zero-order valence-corrected chi connectivity index (χ0v) is 20.4. The van der Waals surface area contributed by atoms with E-state index in [1.165, 1.54) is 27.8 Å². The maximum Gasteiger partial charge on any atom is 0.230 e. The van der Waals surface area contributed by atoms with Gasteiger partial charge in [-0.1, -0.05) is 78.0 Å². The fraction of sp³-hybridized carbons (Fsp3) is 0.192. The zero-order valence-electron chi connectivity index (χ0n) is 18.7. The molecule has 2 aromatic carbocycles. The Morgan fingerprint density at radius 2 is 1.88 bits per heavy atom. The monoisotopic (exact) mass is 474 g/mol. The number of thiophene rings is 1. The van der Waals surface area contributed by atoms with Crippen molar-refractivity contribution in [2.75, 3.05) is 5.75 Å². The molecule has 0 atom stereocenters. The second-order valence-corrected chi connectivity index (χ2v) is 9.73. The average molecular weight is 475 g/mol. The molecule has 2 aromatic heterocycles. The number of nitrogens with zero attached hydrogens (tertiary/aromatic N) is 3. The average Bonchev–Trinajstić information content (AvgIpc) is 3.40. The van der Waals surface area contributed by atoms with E-state index in [9.17, 15) is 4.79 Å². The summed E-state index contributed by atoms with van der Waals surface area (Å²) in [4.78, 5) is 13.6. The van der Waals surface area contributed by atoms with Crippen LogP contribution in [-0.4, -0.2) is 26.4 Å². The highest BCUT2D eigenvalue weighted by Crippen LogP contribution is 2.39. The Labute approximate surface area is 202 Å². The van der Waals surface area contributed by atoms with E-state index in [2.05, 4.69) is 65.6 Å². The first-order chi connectivity index (χ1) is 16.1. The van der Waals surface area contributed by atoms with E-state index in [0.717, 1.165) is 22.5 Å². The van der Waals surface area contributed by atoms with Crippen LogP contribution in [0.1, 0.15) is 16.0 Å². The third kappa shape index (κ3) is 5.43. The van der Waals surface area contributed by atoms with Crippen LogP contribution in [0.4, 0.5) is 0 Å². The number of benzene rings is 2. The number of hydrogen-bond donors (Lipinski definition) is 1. The van der Waals surface area contributed by atoms with E-state index >= 15 is 0 Å². The van der Waals surface area contributed by atoms with Crippen molar-refractivity contribution in [2.24, 2.45) is 0 Å². The lowest BCUT2D eigenvalue weighted by Gasteiger charge is -2.10. The topological polar surface area (TPSA) is 59.8 Å². The lowest BCUT2D eigenvalue weighted by molar-refractivity contribution is -0.118. The van der Waals surface area contributed by atoms with Gasteiger partial charge in [0, 0.05) is 34.5 Å². The zero-order chi connectivity index (χ0) is 23.2. The summed E-state index contributed by atoms with van der Waals surface area (Å²) in [5, 5.41) is 14.7. The van der Waals surface area contributed by atoms with Crippen molar-refractivity contribution in [1.82, 2.24) is 20.1 Å². The van der Waals surface area contributed by atoms with Crippen LogP contribution in [-0.2, 0) is 17.9 Å². The highest BCUT2D eigenvalue weighted by Gasteiger charge is 2.20. The minimum absolute atomic E-state index is 0.0368. The molecule has 0 fully saturated rings. The number of thioether (sulfide) groups is 1. The molecule has 0 saturated carbocycles. The predicted octanol–water partition coefficient (Wildman–Crippen LogP) is 5.88. The summed E-state index contributed by atoms with van der Waals surface area (Å²) in [6.45, 7) is 9.20. The van der Waals surface area contributed by atoms with Crippen molar-refractivity contribution >= 4 is 29.0 Å². The molecule has 1 N–H and O–H groups in total. The first-order valence-corrected chi connectivity index (χ1v) is 12.6. The van der Waals surface area contributed by atoms with Gasteiger partial charge in [-0.25, -0.2) is 0 Å². The van der Waals surface area contributed by atoms with Gasteiger partial charge in [0.15, 0.2) is 11.0 Å². The third-order valence-corrected chi connectivity index (χ3v) is 7.13. The molecule has 0 aliphatic carbocycles. The second kappa shape index (κ2) is 10.6. The van der Waals surface area contributed by atoms with Crippen LogP contribution in [0.5, 0.6) is 0 Å². The van der Waals surface area contributed by atoms with E-state index in [0.29, 0.717) is 18.2 Å².